The minimum Gasteiger partial charge on any atom is -0.380 e. The standard InChI is InChI=1S/C9H16N2O2/c12-9-8(2-1-4-10-9)11-7-3-5-13-6-7/h7-8,11H,1-6H2,(H,10,12). The van der Waals surface area contributed by atoms with E-state index in [0.717, 1.165) is 39.0 Å². The fourth-order valence-electron chi connectivity index (χ4n) is 1.88. The number of hydrogen-bond donors (Lipinski definition) is 2. The molecule has 0 aromatic rings. The van der Waals surface area contributed by atoms with Crippen LogP contribution in [-0.2, 0) is 9.53 Å². The third kappa shape index (κ3) is 2.19. The van der Waals surface area contributed by atoms with E-state index in [1.165, 1.54) is 0 Å². The lowest BCUT2D eigenvalue weighted by atomic mass is 10.1. The van der Waals surface area contributed by atoms with Crippen molar-refractivity contribution in [3.63, 3.8) is 0 Å². The molecule has 0 bridgehead atoms. The second-order valence-electron chi connectivity index (χ2n) is 3.71. The van der Waals surface area contributed by atoms with Crippen molar-refractivity contribution in [2.75, 3.05) is 19.8 Å². The third-order valence-corrected chi connectivity index (χ3v) is 2.65. The molecule has 0 aliphatic carbocycles. The van der Waals surface area contributed by atoms with Crippen LogP contribution in [0.25, 0.3) is 0 Å². The Morgan fingerprint density at radius 2 is 2.38 bits per heavy atom. The van der Waals surface area contributed by atoms with Gasteiger partial charge in [0.2, 0.25) is 5.91 Å². The van der Waals surface area contributed by atoms with Gasteiger partial charge in [0, 0.05) is 19.2 Å². The summed E-state index contributed by atoms with van der Waals surface area (Å²) in [6, 6.07) is 0.397. The van der Waals surface area contributed by atoms with Gasteiger partial charge in [0.1, 0.15) is 0 Å². The SMILES string of the molecule is O=C1NCCCC1NC1CCOC1. The Balaban J connectivity index is 1.81. The molecule has 2 aliphatic heterocycles. The van der Waals surface area contributed by atoms with Crippen LogP contribution in [0.5, 0.6) is 0 Å². The topological polar surface area (TPSA) is 50.4 Å². The van der Waals surface area contributed by atoms with E-state index in [9.17, 15) is 4.79 Å². The molecule has 2 heterocycles. The molecule has 2 atom stereocenters. The number of carbonyl (C=O) groups excluding carboxylic acids is 1. The molecule has 2 N–H and O–H groups in total. The predicted octanol–water partition coefficient (Wildman–Crippen LogP) is -0.357. The van der Waals surface area contributed by atoms with Gasteiger partial charge in [-0.3, -0.25) is 4.79 Å². The molecule has 4 nitrogen and oxygen atoms in total. The molecule has 13 heavy (non-hydrogen) atoms. The summed E-state index contributed by atoms with van der Waals surface area (Å²) in [4.78, 5) is 11.4. The van der Waals surface area contributed by atoms with E-state index in [1.807, 2.05) is 0 Å². The summed E-state index contributed by atoms with van der Waals surface area (Å²) in [5.74, 6) is 0.151. The Hall–Kier alpha value is -0.610. The van der Waals surface area contributed by atoms with Gasteiger partial charge in [-0.2, -0.15) is 0 Å². The van der Waals surface area contributed by atoms with E-state index >= 15 is 0 Å². The number of carbonyl (C=O) groups is 1. The first-order valence-corrected chi connectivity index (χ1v) is 4.98. The molecule has 74 valence electrons. The maximum absolute atomic E-state index is 11.4. The molecule has 4 heteroatoms. The van der Waals surface area contributed by atoms with E-state index < -0.39 is 0 Å². The van der Waals surface area contributed by atoms with Gasteiger partial charge in [0.25, 0.3) is 0 Å². The van der Waals surface area contributed by atoms with Crippen LogP contribution in [0.1, 0.15) is 19.3 Å². The number of hydrogen-bond acceptors (Lipinski definition) is 3. The summed E-state index contributed by atoms with van der Waals surface area (Å²) < 4.78 is 5.24. The molecule has 2 unspecified atom stereocenters. The first-order valence-electron chi connectivity index (χ1n) is 4.98. The first kappa shape index (κ1) is 8.97. The van der Waals surface area contributed by atoms with Gasteiger partial charge in [-0.1, -0.05) is 0 Å². The first-order chi connectivity index (χ1) is 6.36. The number of rotatable bonds is 2. The van der Waals surface area contributed by atoms with Gasteiger partial charge in [0.15, 0.2) is 0 Å². The fourth-order valence-corrected chi connectivity index (χ4v) is 1.88. The molecule has 2 saturated heterocycles. The highest BCUT2D eigenvalue weighted by Gasteiger charge is 2.26. The molecule has 1 amide bonds. The van der Waals surface area contributed by atoms with Crippen LogP contribution in [0.4, 0.5) is 0 Å². The fraction of sp³-hybridized carbons (Fsp3) is 0.889. The van der Waals surface area contributed by atoms with Crippen molar-refractivity contribution in [2.45, 2.75) is 31.3 Å². The third-order valence-electron chi connectivity index (χ3n) is 2.65. The van der Waals surface area contributed by atoms with Crippen molar-refractivity contribution in [2.24, 2.45) is 0 Å². The van der Waals surface area contributed by atoms with Crippen LogP contribution in [-0.4, -0.2) is 37.7 Å². The van der Waals surface area contributed by atoms with Crippen molar-refractivity contribution in [1.82, 2.24) is 10.6 Å². The highest BCUT2D eigenvalue weighted by atomic mass is 16.5. The van der Waals surface area contributed by atoms with Crippen LogP contribution in [0.2, 0.25) is 0 Å². The molecule has 2 fully saturated rings. The van der Waals surface area contributed by atoms with E-state index in [0.29, 0.717) is 6.04 Å². The summed E-state index contributed by atoms with van der Waals surface area (Å²) >= 11 is 0. The molecule has 2 rings (SSSR count). The second kappa shape index (κ2) is 4.07. The zero-order valence-corrected chi connectivity index (χ0v) is 7.71. The van der Waals surface area contributed by atoms with Gasteiger partial charge in [-0.05, 0) is 19.3 Å². The zero-order valence-electron chi connectivity index (χ0n) is 7.71. The molecular formula is C9H16N2O2. The van der Waals surface area contributed by atoms with E-state index in [1.54, 1.807) is 0 Å². The van der Waals surface area contributed by atoms with Crippen molar-refractivity contribution in [3.05, 3.63) is 0 Å². The predicted molar refractivity (Wildman–Crippen MR) is 48.4 cm³/mol. The molecule has 0 aromatic heterocycles. The van der Waals surface area contributed by atoms with Gasteiger partial charge < -0.3 is 15.4 Å². The Labute approximate surface area is 78.0 Å². The number of ether oxygens (including phenoxy) is 1. The van der Waals surface area contributed by atoms with Crippen molar-refractivity contribution >= 4 is 5.91 Å². The Morgan fingerprint density at radius 3 is 3.08 bits per heavy atom. The smallest absolute Gasteiger partial charge is 0.237 e. The van der Waals surface area contributed by atoms with E-state index in [4.69, 9.17) is 4.74 Å². The van der Waals surface area contributed by atoms with Crippen LogP contribution >= 0.6 is 0 Å². The van der Waals surface area contributed by atoms with Crippen LogP contribution in [0.3, 0.4) is 0 Å². The number of piperidine rings is 1. The van der Waals surface area contributed by atoms with Crippen molar-refractivity contribution < 1.29 is 9.53 Å². The molecular weight excluding hydrogens is 168 g/mol. The van der Waals surface area contributed by atoms with Gasteiger partial charge >= 0.3 is 0 Å². The second-order valence-corrected chi connectivity index (χ2v) is 3.71. The lowest BCUT2D eigenvalue weighted by molar-refractivity contribution is -0.124. The molecule has 0 radical (unpaired) electrons. The Kier molecular flexibility index (Phi) is 2.80. The van der Waals surface area contributed by atoms with Crippen LogP contribution in [0, 0.1) is 0 Å². The summed E-state index contributed by atoms with van der Waals surface area (Å²) in [5, 5.41) is 6.19. The summed E-state index contributed by atoms with van der Waals surface area (Å²) in [7, 11) is 0. The highest BCUT2D eigenvalue weighted by molar-refractivity contribution is 5.82. The average Bonchev–Trinajstić information content (AvgIpc) is 2.61. The van der Waals surface area contributed by atoms with Crippen LogP contribution < -0.4 is 10.6 Å². The maximum atomic E-state index is 11.4. The normalized spacial score (nSPS) is 34.6. The minimum atomic E-state index is 0.0143. The molecule has 0 spiro atoms. The van der Waals surface area contributed by atoms with Crippen molar-refractivity contribution in [3.8, 4) is 0 Å². The summed E-state index contributed by atoms with van der Waals surface area (Å²) in [6.45, 7) is 2.41. The average molecular weight is 184 g/mol. The van der Waals surface area contributed by atoms with Crippen molar-refractivity contribution in [1.29, 1.82) is 0 Å². The molecule has 2 aliphatic rings. The highest BCUT2D eigenvalue weighted by Crippen LogP contribution is 2.09. The number of amides is 1. The minimum absolute atomic E-state index is 0.0143. The summed E-state index contributed by atoms with van der Waals surface area (Å²) in [6.07, 6.45) is 3.07. The summed E-state index contributed by atoms with van der Waals surface area (Å²) in [5.41, 5.74) is 0. The maximum Gasteiger partial charge on any atom is 0.237 e. The number of nitrogens with one attached hydrogen (secondary N) is 2. The lowest BCUT2D eigenvalue weighted by Gasteiger charge is -2.25. The van der Waals surface area contributed by atoms with E-state index in [2.05, 4.69) is 10.6 Å². The molecule has 0 saturated carbocycles. The van der Waals surface area contributed by atoms with Gasteiger partial charge in [-0.15, -0.1) is 0 Å². The molecule has 0 aromatic carbocycles. The van der Waals surface area contributed by atoms with Crippen LogP contribution in [0.15, 0.2) is 0 Å². The van der Waals surface area contributed by atoms with E-state index in [-0.39, 0.29) is 11.9 Å². The largest absolute Gasteiger partial charge is 0.380 e. The zero-order chi connectivity index (χ0) is 9.10. The Bertz CT molecular complexity index is 190. The van der Waals surface area contributed by atoms with Gasteiger partial charge in [-0.25, -0.2) is 0 Å². The monoisotopic (exact) mass is 184 g/mol. The quantitative estimate of drug-likeness (QED) is 0.616. The lowest BCUT2D eigenvalue weighted by Crippen LogP contribution is -2.51. The Morgan fingerprint density at radius 1 is 1.46 bits per heavy atom. The van der Waals surface area contributed by atoms with Gasteiger partial charge in [0.05, 0.1) is 12.6 Å².